The molecule has 1 N–H and O–H groups in total. The number of rotatable bonds is 2. The standard InChI is InChI=1S/C7H10N2OS/c1-3-6(10)9-7-8-5(2)4-11-7/h4H,3H2,1-2H3,(H,8,9,10). The van der Waals surface area contributed by atoms with E-state index in [1.54, 1.807) is 0 Å². The smallest absolute Gasteiger partial charge is 0.225 e. The van der Waals surface area contributed by atoms with Crippen molar-refractivity contribution >= 4 is 22.4 Å². The second-order valence-electron chi connectivity index (χ2n) is 2.20. The van der Waals surface area contributed by atoms with E-state index in [-0.39, 0.29) is 5.91 Å². The third kappa shape index (κ3) is 2.31. The molecule has 1 aromatic heterocycles. The molecule has 4 heteroatoms. The lowest BCUT2D eigenvalue weighted by molar-refractivity contribution is -0.115. The van der Waals surface area contributed by atoms with E-state index >= 15 is 0 Å². The largest absolute Gasteiger partial charge is 0.302 e. The summed E-state index contributed by atoms with van der Waals surface area (Å²) in [5.41, 5.74) is 0.946. The van der Waals surface area contributed by atoms with Crippen LogP contribution in [0.15, 0.2) is 5.38 Å². The summed E-state index contributed by atoms with van der Waals surface area (Å²) in [6.45, 7) is 3.72. The van der Waals surface area contributed by atoms with Gasteiger partial charge in [0.1, 0.15) is 0 Å². The van der Waals surface area contributed by atoms with Gasteiger partial charge in [0.25, 0.3) is 0 Å². The average Bonchev–Trinajstić information content (AvgIpc) is 2.35. The molecular formula is C7H10N2OS. The average molecular weight is 170 g/mol. The molecule has 0 atom stereocenters. The van der Waals surface area contributed by atoms with Crippen molar-refractivity contribution in [3.63, 3.8) is 0 Å². The Balaban J connectivity index is 2.57. The van der Waals surface area contributed by atoms with Crippen LogP contribution in [-0.2, 0) is 4.79 Å². The Morgan fingerprint density at radius 3 is 3.00 bits per heavy atom. The third-order valence-corrected chi connectivity index (χ3v) is 2.06. The lowest BCUT2D eigenvalue weighted by Crippen LogP contribution is -2.08. The summed E-state index contributed by atoms with van der Waals surface area (Å²) in [6, 6.07) is 0. The first-order chi connectivity index (χ1) is 5.22. The zero-order valence-electron chi connectivity index (χ0n) is 6.55. The van der Waals surface area contributed by atoms with Gasteiger partial charge in [-0.3, -0.25) is 4.79 Å². The van der Waals surface area contributed by atoms with E-state index in [0.29, 0.717) is 11.6 Å². The molecule has 0 saturated heterocycles. The van der Waals surface area contributed by atoms with Gasteiger partial charge in [-0.05, 0) is 6.92 Å². The minimum absolute atomic E-state index is 0.0133. The van der Waals surface area contributed by atoms with E-state index in [1.165, 1.54) is 11.3 Å². The molecule has 11 heavy (non-hydrogen) atoms. The van der Waals surface area contributed by atoms with Crippen LogP contribution >= 0.6 is 11.3 Å². The lowest BCUT2D eigenvalue weighted by atomic mass is 10.5. The number of aryl methyl sites for hydroxylation is 1. The summed E-state index contributed by atoms with van der Waals surface area (Å²) in [6.07, 6.45) is 0.499. The molecular weight excluding hydrogens is 160 g/mol. The van der Waals surface area contributed by atoms with E-state index in [2.05, 4.69) is 10.3 Å². The van der Waals surface area contributed by atoms with Gasteiger partial charge in [-0.1, -0.05) is 6.92 Å². The fraction of sp³-hybridized carbons (Fsp3) is 0.429. The Hall–Kier alpha value is -0.900. The van der Waals surface area contributed by atoms with Crippen LogP contribution in [0.25, 0.3) is 0 Å². The van der Waals surface area contributed by atoms with E-state index in [9.17, 15) is 4.79 Å². The van der Waals surface area contributed by atoms with Crippen molar-refractivity contribution in [1.82, 2.24) is 4.98 Å². The third-order valence-electron chi connectivity index (χ3n) is 1.19. The number of hydrogen-bond donors (Lipinski definition) is 1. The molecule has 0 aliphatic rings. The fourth-order valence-corrected chi connectivity index (χ4v) is 1.32. The highest BCUT2D eigenvalue weighted by atomic mass is 32.1. The first-order valence-corrected chi connectivity index (χ1v) is 4.32. The highest BCUT2D eigenvalue weighted by molar-refractivity contribution is 7.13. The number of thiazole rings is 1. The van der Waals surface area contributed by atoms with Crippen LogP contribution in [0.5, 0.6) is 0 Å². The zero-order valence-corrected chi connectivity index (χ0v) is 7.36. The molecule has 1 amide bonds. The number of aromatic nitrogens is 1. The number of nitrogens with one attached hydrogen (secondary N) is 1. The van der Waals surface area contributed by atoms with Gasteiger partial charge in [-0.15, -0.1) is 11.3 Å². The second-order valence-corrected chi connectivity index (χ2v) is 3.05. The molecule has 0 unspecified atom stereocenters. The Morgan fingerprint density at radius 2 is 2.55 bits per heavy atom. The van der Waals surface area contributed by atoms with Gasteiger partial charge in [0.05, 0.1) is 5.69 Å². The van der Waals surface area contributed by atoms with Crippen LogP contribution in [0.4, 0.5) is 5.13 Å². The van der Waals surface area contributed by atoms with Crippen molar-refractivity contribution < 1.29 is 4.79 Å². The highest BCUT2D eigenvalue weighted by Crippen LogP contribution is 2.14. The molecule has 1 heterocycles. The fourth-order valence-electron chi connectivity index (χ4n) is 0.619. The molecule has 0 spiro atoms. The number of nitrogens with zero attached hydrogens (tertiary/aromatic N) is 1. The molecule has 0 saturated carbocycles. The summed E-state index contributed by atoms with van der Waals surface area (Å²) in [5, 5.41) is 5.28. The van der Waals surface area contributed by atoms with Crippen LogP contribution in [0.1, 0.15) is 19.0 Å². The van der Waals surface area contributed by atoms with Gasteiger partial charge in [0.15, 0.2) is 5.13 Å². The van der Waals surface area contributed by atoms with E-state index in [0.717, 1.165) is 5.69 Å². The van der Waals surface area contributed by atoms with E-state index in [1.807, 2.05) is 19.2 Å². The van der Waals surface area contributed by atoms with Gasteiger partial charge in [0, 0.05) is 11.8 Å². The molecule has 1 rings (SSSR count). The summed E-state index contributed by atoms with van der Waals surface area (Å²) >= 11 is 1.45. The lowest BCUT2D eigenvalue weighted by Gasteiger charge is -1.95. The van der Waals surface area contributed by atoms with Crippen molar-refractivity contribution in [3.05, 3.63) is 11.1 Å². The first kappa shape index (κ1) is 8.20. The monoisotopic (exact) mass is 170 g/mol. The van der Waals surface area contributed by atoms with Crippen molar-refractivity contribution in [3.8, 4) is 0 Å². The number of hydrogen-bond acceptors (Lipinski definition) is 3. The van der Waals surface area contributed by atoms with Gasteiger partial charge in [0.2, 0.25) is 5.91 Å². The van der Waals surface area contributed by atoms with Crippen molar-refractivity contribution in [1.29, 1.82) is 0 Å². The molecule has 0 bridgehead atoms. The van der Waals surface area contributed by atoms with Gasteiger partial charge in [-0.2, -0.15) is 0 Å². The van der Waals surface area contributed by atoms with Crippen LogP contribution in [-0.4, -0.2) is 10.9 Å². The Morgan fingerprint density at radius 1 is 1.82 bits per heavy atom. The molecule has 1 aromatic rings. The number of amides is 1. The number of carbonyl (C=O) groups excluding carboxylic acids is 1. The maximum absolute atomic E-state index is 10.8. The van der Waals surface area contributed by atoms with E-state index < -0.39 is 0 Å². The van der Waals surface area contributed by atoms with E-state index in [4.69, 9.17) is 0 Å². The second kappa shape index (κ2) is 3.48. The van der Waals surface area contributed by atoms with Gasteiger partial charge in [-0.25, -0.2) is 4.98 Å². The molecule has 0 aliphatic heterocycles. The van der Waals surface area contributed by atoms with Crippen molar-refractivity contribution in [2.75, 3.05) is 5.32 Å². The number of anilines is 1. The normalized spacial score (nSPS) is 9.64. The summed E-state index contributed by atoms with van der Waals surface area (Å²) in [5.74, 6) is 0.0133. The predicted octanol–water partition coefficient (Wildman–Crippen LogP) is 1.80. The quantitative estimate of drug-likeness (QED) is 0.735. The van der Waals surface area contributed by atoms with Crippen LogP contribution in [0, 0.1) is 6.92 Å². The van der Waals surface area contributed by atoms with Gasteiger partial charge < -0.3 is 5.32 Å². The van der Waals surface area contributed by atoms with Gasteiger partial charge >= 0.3 is 0 Å². The SMILES string of the molecule is CCC(=O)Nc1nc(C)cs1. The molecule has 0 aromatic carbocycles. The van der Waals surface area contributed by atoms with Crippen molar-refractivity contribution in [2.45, 2.75) is 20.3 Å². The minimum atomic E-state index is 0.0133. The molecule has 0 aliphatic carbocycles. The number of carbonyl (C=O) groups is 1. The summed E-state index contributed by atoms with van der Waals surface area (Å²) in [4.78, 5) is 14.9. The van der Waals surface area contributed by atoms with Crippen LogP contribution in [0.2, 0.25) is 0 Å². The topological polar surface area (TPSA) is 42.0 Å². The van der Waals surface area contributed by atoms with Crippen molar-refractivity contribution in [2.24, 2.45) is 0 Å². The van der Waals surface area contributed by atoms with Crippen LogP contribution < -0.4 is 5.32 Å². The maximum Gasteiger partial charge on any atom is 0.225 e. The molecule has 3 nitrogen and oxygen atoms in total. The Bertz CT molecular complexity index is 257. The Kier molecular flexibility index (Phi) is 2.59. The highest BCUT2D eigenvalue weighted by Gasteiger charge is 2.00. The molecule has 60 valence electrons. The summed E-state index contributed by atoms with van der Waals surface area (Å²) < 4.78 is 0. The predicted molar refractivity (Wildman–Crippen MR) is 45.8 cm³/mol. The maximum atomic E-state index is 10.8. The molecule has 0 fully saturated rings. The summed E-state index contributed by atoms with van der Waals surface area (Å²) in [7, 11) is 0. The molecule has 0 radical (unpaired) electrons. The first-order valence-electron chi connectivity index (χ1n) is 3.44. The van der Waals surface area contributed by atoms with Crippen LogP contribution in [0.3, 0.4) is 0 Å². The zero-order chi connectivity index (χ0) is 8.27. The Labute approximate surface area is 69.5 Å². The minimum Gasteiger partial charge on any atom is -0.302 e.